The van der Waals surface area contributed by atoms with Gasteiger partial charge in [-0.15, -0.1) is 0 Å². The highest BCUT2D eigenvalue weighted by Gasteiger charge is 2.13. The van der Waals surface area contributed by atoms with Crippen LogP contribution in [0.15, 0.2) is 78.9 Å². The van der Waals surface area contributed by atoms with Gasteiger partial charge in [0.25, 0.3) is 11.8 Å². The van der Waals surface area contributed by atoms with Crippen LogP contribution in [0.4, 0.5) is 0 Å². The minimum absolute atomic E-state index is 0.104. The van der Waals surface area contributed by atoms with Crippen molar-refractivity contribution in [3.63, 3.8) is 0 Å². The van der Waals surface area contributed by atoms with Crippen LogP contribution in [0.3, 0.4) is 0 Å². The first-order chi connectivity index (χ1) is 14.1. The zero-order valence-corrected chi connectivity index (χ0v) is 16.5. The van der Waals surface area contributed by atoms with Crippen molar-refractivity contribution in [2.45, 2.75) is 19.5 Å². The fraction of sp³-hybridized carbons (Fsp3) is 0.167. The molecule has 1 unspecified atom stereocenters. The zero-order chi connectivity index (χ0) is 20.6. The minimum atomic E-state index is -0.208. The molecule has 0 bridgehead atoms. The Bertz CT molecular complexity index is 969. The standard InChI is InChI=1S/C24H24N2O3/c1-17(18-8-4-3-5-9-18)26-24(28)20-14-12-19(13-15-20)23(27)25-16-21-10-6-7-11-22(21)29-2/h3-15,17H,16H2,1-2H3,(H,25,27)(H,26,28). The summed E-state index contributed by atoms with van der Waals surface area (Å²) in [5, 5.41) is 5.84. The molecule has 0 aliphatic rings. The first-order valence-corrected chi connectivity index (χ1v) is 9.44. The van der Waals surface area contributed by atoms with E-state index in [4.69, 9.17) is 4.74 Å². The monoisotopic (exact) mass is 388 g/mol. The van der Waals surface area contributed by atoms with Crippen LogP contribution < -0.4 is 15.4 Å². The molecule has 3 rings (SSSR count). The fourth-order valence-corrected chi connectivity index (χ4v) is 3.00. The highest BCUT2D eigenvalue weighted by Crippen LogP contribution is 2.17. The smallest absolute Gasteiger partial charge is 0.251 e. The highest BCUT2D eigenvalue weighted by atomic mass is 16.5. The Labute approximate surface area is 170 Å². The molecule has 5 nitrogen and oxygen atoms in total. The first-order valence-electron chi connectivity index (χ1n) is 9.44. The molecule has 0 radical (unpaired) electrons. The Hall–Kier alpha value is -3.60. The van der Waals surface area contributed by atoms with Crippen molar-refractivity contribution in [2.75, 3.05) is 7.11 Å². The summed E-state index contributed by atoms with van der Waals surface area (Å²) >= 11 is 0. The molecule has 0 spiro atoms. The van der Waals surface area contributed by atoms with E-state index in [1.165, 1.54) is 0 Å². The lowest BCUT2D eigenvalue weighted by Gasteiger charge is -2.14. The molecule has 29 heavy (non-hydrogen) atoms. The molecule has 0 aromatic heterocycles. The summed E-state index contributed by atoms with van der Waals surface area (Å²) in [6.45, 7) is 2.30. The molecule has 5 heteroatoms. The van der Waals surface area contributed by atoms with Crippen molar-refractivity contribution in [2.24, 2.45) is 0 Å². The van der Waals surface area contributed by atoms with Gasteiger partial charge >= 0.3 is 0 Å². The van der Waals surface area contributed by atoms with Gasteiger partial charge in [0.1, 0.15) is 5.75 Å². The molecule has 0 aliphatic carbocycles. The number of carbonyl (C=O) groups is 2. The summed E-state index contributed by atoms with van der Waals surface area (Å²) in [5.41, 5.74) is 2.93. The quantitative estimate of drug-likeness (QED) is 0.640. The number of carbonyl (C=O) groups excluding carboxylic acids is 2. The number of rotatable bonds is 7. The average molecular weight is 388 g/mol. The second-order valence-electron chi connectivity index (χ2n) is 6.68. The minimum Gasteiger partial charge on any atom is -0.496 e. The van der Waals surface area contributed by atoms with Crippen molar-refractivity contribution in [3.05, 3.63) is 101 Å². The van der Waals surface area contributed by atoms with E-state index in [-0.39, 0.29) is 17.9 Å². The van der Waals surface area contributed by atoms with Crippen LogP contribution in [0.1, 0.15) is 44.8 Å². The first kappa shape index (κ1) is 20.1. The molecule has 0 heterocycles. The van der Waals surface area contributed by atoms with E-state index >= 15 is 0 Å². The predicted molar refractivity (Wildman–Crippen MR) is 113 cm³/mol. The second kappa shape index (κ2) is 9.55. The maximum atomic E-state index is 12.5. The van der Waals surface area contributed by atoms with E-state index in [0.717, 1.165) is 16.9 Å². The molecular formula is C24H24N2O3. The zero-order valence-electron chi connectivity index (χ0n) is 16.5. The van der Waals surface area contributed by atoms with Gasteiger partial charge in [-0.2, -0.15) is 0 Å². The van der Waals surface area contributed by atoms with E-state index in [1.54, 1.807) is 31.4 Å². The Balaban J connectivity index is 1.59. The summed E-state index contributed by atoms with van der Waals surface area (Å²) in [4.78, 5) is 24.9. The Kier molecular flexibility index (Phi) is 6.63. The van der Waals surface area contributed by atoms with Crippen LogP contribution in [0.25, 0.3) is 0 Å². The van der Waals surface area contributed by atoms with Crippen LogP contribution in [0.5, 0.6) is 5.75 Å². The van der Waals surface area contributed by atoms with Gasteiger partial charge in [0.2, 0.25) is 0 Å². The molecule has 0 fully saturated rings. The third kappa shape index (κ3) is 5.23. The molecule has 2 N–H and O–H groups in total. The van der Waals surface area contributed by atoms with Crippen molar-refractivity contribution < 1.29 is 14.3 Å². The number of nitrogens with one attached hydrogen (secondary N) is 2. The van der Waals surface area contributed by atoms with Gasteiger partial charge in [-0.05, 0) is 42.8 Å². The van der Waals surface area contributed by atoms with Gasteiger partial charge < -0.3 is 15.4 Å². The van der Waals surface area contributed by atoms with Crippen LogP contribution in [-0.4, -0.2) is 18.9 Å². The van der Waals surface area contributed by atoms with Crippen molar-refractivity contribution in [3.8, 4) is 5.75 Å². The number of hydrogen-bond acceptors (Lipinski definition) is 3. The molecule has 148 valence electrons. The molecule has 3 aromatic carbocycles. The van der Waals surface area contributed by atoms with E-state index in [1.807, 2.05) is 61.5 Å². The van der Waals surface area contributed by atoms with Crippen molar-refractivity contribution in [1.82, 2.24) is 10.6 Å². The van der Waals surface area contributed by atoms with Gasteiger partial charge in [0, 0.05) is 23.2 Å². The number of benzene rings is 3. The second-order valence-corrected chi connectivity index (χ2v) is 6.68. The van der Waals surface area contributed by atoms with Gasteiger partial charge in [-0.3, -0.25) is 9.59 Å². The molecule has 0 saturated carbocycles. The molecule has 0 saturated heterocycles. The largest absolute Gasteiger partial charge is 0.496 e. The van der Waals surface area contributed by atoms with Crippen molar-refractivity contribution >= 4 is 11.8 Å². The Morgan fingerprint density at radius 3 is 2.07 bits per heavy atom. The topological polar surface area (TPSA) is 67.4 Å². The SMILES string of the molecule is COc1ccccc1CNC(=O)c1ccc(C(=O)NC(C)c2ccccc2)cc1. The van der Waals surface area contributed by atoms with Gasteiger partial charge in [-0.25, -0.2) is 0 Å². The normalized spacial score (nSPS) is 11.4. The summed E-state index contributed by atoms with van der Waals surface area (Å²) in [6.07, 6.45) is 0. The van der Waals surface area contributed by atoms with Gasteiger partial charge in [-0.1, -0.05) is 48.5 Å². The third-order valence-electron chi connectivity index (χ3n) is 4.69. The number of hydrogen-bond donors (Lipinski definition) is 2. The highest BCUT2D eigenvalue weighted by molar-refractivity contribution is 5.97. The van der Waals surface area contributed by atoms with Crippen LogP contribution in [0.2, 0.25) is 0 Å². The fourth-order valence-electron chi connectivity index (χ4n) is 3.00. The maximum Gasteiger partial charge on any atom is 0.251 e. The molecule has 3 aromatic rings. The average Bonchev–Trinajstić information content (AvgIpc) is 2.78. The Morgan fingerprint density at radius 1 is 0.828 bits per heavy atom. The van der Waals surface area contributed by atoms with Crippen molar-refractivity contribution in [1.29, 1.82) is 0 Å². The van der Waals surface area contributed by atoms with Crippen LogP contribution in [-0.2, 0) is 6.54 Å². The number of amides is 2. The van der Waals surface area contributed by atoms with Gasteiger partial charge in [0.05, 0.1) is 13.2 Å². The van der Waals surface area contributed by atoms with Crippen LogP contribution >= 0.6 is 0 Å². The summed E-state index contributed by atoms with van der Waals surface area (Å²) in [6, 6.07) is 23.8. The number of para-hydroxylation sites is 1. The number of methoxy groups -OCH3 is 1. The summed E-state index contributed by atoms with van der Waals surface area (Å²) in [7, 11) is 1.60. The molecule has 0 aliphatic heterocycles. The predicted octanol–water partition coefficient (Wildman–Crippen LogP) is 4.12. The van der Waals surface area contributed by atoms with E-state index in [2.05, 4.69) is 10.6 Å². The lowest BCUT2D eigenvalue weighted by Crippen LogP contribution is -2.27. The lowest BCUT2D eigenvalue weighted by atomic mass is 10.1. The number of ether oxygens (including phenoxy) is 1. The van der Waals surface area contributed by atoms with E-state index in [0.29, 0.717) is 17.7 Å². The third-order valence-corrected chi connectivity index (χ3v) is 4.69. The maximum absolute atomic E-state index is 12.5. The molecule has 1 atom stereocenters. The van der Waals surface area contributed by atoms with E-state index < -0.39 is 0 Å². The molecule has 2 amide bonds. The Morgan fingerprint density at radius 2 is 1.41 bits per heavy atom. The van der Waals surface area contributed by atoms with E-state index in [9.17, 15) is 9.59 Å². The summed E-state index contributed by atoms with van der Waals surface area (Å²) < 4.78 is 5.29. The lowest BCUT2D eigenvalue weighted by molar-refractivity contribution is 0.0932. The van der Waals surface area contributed by atoms with Gasteiger partial charge in [0.15, 0.2) is 0 Å². The van der Waals surface area contributed by atoms with Crippen LogP contribution in [0, 0.1) is 0 Å². The summed E-state index contributed by atoms with van der Waals surface area (Å²) in [5.74, 6) is 0.343. The molecular weight excluding hydrogens is 364 g/mol.